The van der Waals surface area contributed by atoms with Crippen molar-refractivity contribution in [2.24, 2.45) is 16.2 Å². The molecule has 130 valence electrons. The van der Waals surface area contributed by atoms with Crippen LogP contribution in [0.25, 0.3) is 0 Å². The Morgan fingerprint density at radius 1 is 1.17 bits per heavy atom. The molecular weight excluding hydrogens is 372 g/mol. The molecule has 0 radical (unpaired) electrons. The molecule has 0 spiro atoms. The predicted molar refractivity (Wildman–Crippen MR) is 94.5 cm³/mol. The van der Waals surface area contributed by atoms with E-state index in [-0.39, 0.29) is 34.1 Å². The van der Waals surface area contributed by atoms with E-state index < -0.39 is 5.41 Å². The molecule has 3 aliphatic carbocycles. The van der Waals surface area contributed by atoms with E-state index in [0.29, 0.717) is 5.75 Å². The van der Waals surface area contributed by atoms with Crippen molar-refractivity contribution in [3.63, 3.8) is 0 Å². The molecule has 3 atom stereocenters. The van der Waals surface area contributed by atoms with E-state index in [2.05, 4.69) is 47.6 Å². The largest absolute Gasteiger partial charge is 0.484 e. The smallest absolute Gasteiger partial charge is 0.276 e. The maximum Gasteiger partial charge on any atom is 0.276 e. The van der Waals surface area contributed by atoms with E-state index in [0.717, 1.165) is 12.8 Å². The molecule has 3 aliphatic rings. The number of nitrogens with one attached hydrogen (secondary N) is 2. The summed E-state index contributed by atoms with van der Waals surface area (Å²) >= 11 is 3.71. The molecule has 2 bridgehead atoms. The summed E-state index contributed by atoms with van der Waals surface area (Å²) in [6.07, 6.45) is 1.84. The lowest BCUT2D eigenvalue weighted by Gasteiger charge is -2.64. The highest BCUT2D eigenvalue weighted by molar-refractivity contribution is 9.09. The van der Waals surface area contributed by atoms with Gasteiger partial charge in [0.25, 0.3) is 5.91 Å². The topological polar surface area (TPSA) is 67.4 Å². The maximum atomic E-state index is 12.8. The van der Waals surface area contributed by atoms with E-state index in [1.807, 2.05) is 18.2 Å². The minimum Gasteiger partial charge on any atom is -0.484 e. The van der Waals surface area contributed by atoms with Crippen molar-refractivity contribution < 1.29 is 14.3 Å². The van der Waals surface area contributed by atoms with Crippen LogP contribution in [0, 0.1) is 16.2 Å². The number of amides is 2. The first-order valence-electron chi connectivity index (χ1n) is 8.17. The van der Waals surface area contributed by atoms with Crippen LogP contribution in [0.15, 0.2) is 30.3 Å². The minimum absolute atomic E-state index is 0.108. The number of alkyl halides is 1. The summed E-state index contributed by atoms with van der Waals surface area (Å²) in [6.45, 7) is 6.35. The fraction of sp³-hybridized carbons (Fsp3) is 0.556. The van der Waals surface area contributed by atoms with Crippen LogP contribution in [0.5, 0.6) is 5.75 Å². The van der Waals surface area contributed by atoms with Crippen molar-refractivity contribution in [1.29, 1.82) is 0 Å². The zero-order chi connectivity index (χ0) is 17.6. The number of rotatable bonds is 4. The normalized spacial score (nSPS) is 32.6. The third-order valence-electron chi connectivity index (χ3n) is 6.41. The van der Waals surface area contributed by atoms with Crippen LogP contribution in [0.1, 0.15) is 33.6 Å². The molecule has 3 saturated carbocycles. The predicted octanol–water partition coefficient (Wildman–Crippen LogP) is 2.80. The molecule has 1 aromatic rings. The molecule has 0 aliphatic heterocycles. The van der Waals surface area contributed by atoms with Gasteiger partial charge in [-0.3, -0.25) is 20.4 Å². The molecule has 3 unspecified atom stereocenters. The molecule has 0 aromatic heterocycles. The van der Waals surface area contributed by atoms with Gasteiger partial charge in [0.2, 0.25) is 5.91 Å². The third kappa shape index (κ3) is 2.19. The highest BCUT2D eigenvalue weighted by atomic mass is 79.9. The Morgan fingerprint density at radius 2 is 1.83 bits per heavy atom. The maximum absolute atomic E-state index is 12.8. The van der Waals surface area contributed by atoms with Crippen LogP contribution >= 0.6 is 15.9 Å². The zero-order valence-electron chi connectivity index (χ0n) is 14.2. The first-order chi connectivity index (χ1) is 11.3. The van der Waals surface area contributed by atoms with Crippen LogP contribution < -0.4 is 15.6 Å². The van der Waals surface area contributed by atoms with Crippen molar-refractivity contribution in [1.82, 2.24) is 10.9 Å². The second kappa shape index (κ2) is 5.76. The lowest BCUT2D eigenvalue weighted by Crippen LogP contribution is -2.70. The molecule has 24 heavy (non-hydrogen) atoms. The number of benzene rings is 1. The van der Waals surface area contributed by atoms with Crippen molar-refractivity contribution in [2.45, 2.75) is 38.4 Å². The molecule has 5 nitrogen and oxygen atoms in total. The van der Waals surface area contributed by atoms with Gasteiger partial charge in [-0.2, -0.15) is 0 Å². The first kappa shape index (κ1) is 17.3. The summed E-state index contributed by atoms with van der Waals surface area (Å²) in [5.41, 5.74) is 4.59. The highest BCUT2D eigenvalue weighted by Gasteiger charge is 2.80. The lowest BCUT2D eigenvalue weighted by molar-refractivity contribution is -0.163. The van der Waals surface area contributed by atoms with Gasteiger partial charge in [-0.25, -0.2) is 0 Å². The molecule has 1 aromatic carbocycles. The second-order valence-corrected chi connectivity index (χ2v) is 8.40. The van der Waals surface area contributed by atoms with Crippen molar-refractivity contribution in [3.05, 3.63) is 30.3 Å². The molecule has 6 heteroatoms. The van der Waals surface area contributed by atoms with E-state index in [1.165, 1.54) is 0 Å². The van der Waals surface area contributed by atoms with Crippen LogP contribution in [-0.2, 0) is 9.59 Å². The summed E-state index contributed by atoms with van der Waals surface area (Å²) in [4.78, 5) is 24.8. The van der Waals surface area contributed by atoms with Crippen LogP contribution in [0.3, 0.4) is 0 Å². The van der Waals surface area contributed by atoms with Gasteiger partial charge >= 0.3 is 0 Å². The van der Waals surface area contributed by atoms with Gasteiger partial charge in [0.15, 0.2) is 6.61 Å². The summed E-state index contributed by atoms with van der Waals surface area (Å²) < 4.78 is 5.37. The first-order valence-corrected chi connectivity index (χ1v) is 9.08. The standard InChI is InChI=1S/C18H23BrN2O3/c1-16(2)17(3)9-10-18(16,14(17)19)15(23)21-20-13(22)11-24-12-7-5-4-6-8-12/h4-8,14H,9-11H2,1-3H3,(H,20,22)(H,21,23). The number of halogens is 1. The Bertz CT molecular complexity index is 663. The average Bonchev–Trinajstić information content (AvgIpc) is 2.98. The van der Waals surface area contributed by atoms with E-state index in [1.54, 1.807) is 12.1 Å². The van der Waals surface area contributed by atoms with Gasteiger partial charge in [0.05, 0.1) is 5.41 Å². The van der Waals surface area contributed by atoms with Gasteiger partial charge in [0, 0.05) is 4.83 Å². The third-order valence-corrected chi connectivity index (χ3v) is 8.20. The molecule has 0 heterocycles. The molecule has 0 saturated heterocycles. The van der Waals surface area contributed by atoms with Crippen LogP contribution in [-0.4, -0.2) is 23.2 Å². The van der Waals surface area contributed by atoms with E-state index in [9.17, 15) is 9.59 Å². The van der Waals surface area contributed by atoms with Crippen LogP contribution in [0.2, 0.25) is 0 Å². The summed E-state index contributed by atoms with van der Waals surface area (Å²) in [5.74, 6) is 0.106. The monoisotopic (exact) mass is 394 g/mol. The second-order valence-electron chi connectivity index (χ2n) is 7.48. The number of ether oxygens (including phenoxy) is 1. The number of hydrogen-bond donors (Lipinski definition) is 2. The summed E-state index contributed by atoms with van der Waals surface area (Å²) in [6, 6.07) is 9.09. The number of hydrazine groups is 1. The SMILES string of the molecule is CC12CCC(C(=O)NNC(=O)COc3ccccc3)(C1Br)C2(C)C. The van der Waals surface area contributed by atoms with Gasteiger partial charge in [-0.15, -0.1) is 0 Å². The molecular formula is C18H23BrN2O3. The van der Waals surface area contributed by atoms with Crippen LogP contribution in [0.4, 0.5) is 0 Å². The lowest BCUT2D eigenvalue weighted by atomic mass is 9.43. The Morgan fingerprint density at radius 3 is 2.38 bits per heavy atom. The number of fused-ring (bicyclic) bond motifs is 1. The fourth-order valence-electron chi connectivity index (χ4n) is 4.40. The van der Waals surface area contributed by atoms with Crippen molar-refractivity contribution in [2.75, 3.05) is 6.61 Å². The Labute approximate surface area is 150 Å². The Hall–Kier alpha value is -1.56. The molecule has 4 rings (SSSR count). The summed E-state index contributed by atoms with van der Waals surface area (Å²) in [5, 5.41) is 0. The zero-order valence-corrected chi connectivity index (χ0v) is 15.8. The number of carbonyl (C=O) groups is 2. The minimum atomic E-state index is -0.477. The Balaban J connectivity index is 1.54. The van der Waals surface area contributed by atoms with E-state index in [4.69, 9.17) is 4.74 Å². The van der Waals surface area contributed by atoms with Crippen molar-refractivity contribution in [3.8, 4) is 5.75 Å². The van der Waals surface area contributed by atoms with Gasteiger partial charge in [-0.1, -0.05) is 54.9 Å². The summed E-state index contributed by atoms with van der Waals surface area (Å²) in [7, 11) is 0. The quantitative estimate of drug-likeness (QED) is 0.609. The van der Waals surface area contributed by atoms with Crippen molar-refractivity contribution >= 4 is 27.7 Å². The Kier molecular flexibility index (Phi) is 4.14. The number of carbonyl (C=O) groups excluding carboxylic acids is 2. The number of para-hydroxylation sites is 1. The van der Waals surface area contributed by atoms with Gasteiger partial charge in [-0.05, 0) is 35.8 Å². The highest BCUT2D eigenvalue weighted by Crippen LogP contribution is 2.79. The van der Waals surface area contributed by atoms with Gasteiger partial charge in [0.1, 0.15) is 5.75 Å². The fourth-order valence-corrected chi connectivity index (χ4v) is 6.21. The van der Waals surface area contributed by atoms with Gasteiger partial charge < -0.3 is 4.74 Å². The average molecular weight is 395 g/mol. The number of hydrogen-bond acceptors (Lipinski definition) is 3. The molecule has 3 fully saturated rings. The molecule has 2 N–H and O–H groups in total. The van der Waals surface area contributed by atoms with E-state index >= 15 is 0 Å². The molecule has 2 amide bonds.